The first-order chi connectivity index (χ1) is 13.5. The number of hydrogen-bond acceptors (Lipinski definition) is 5. The van der Waals surface area contributed by atoms with E-state index in [-0.39, 0.29) is 24.5 Å². The van der Waals surface area contributed by atoms with Crippen molar-refractivity contribution in [3.05, 3.63) is 81.0 Å². The van der Waals surface area contributed by atoms with Crippen molar-refractivity contribution >= 4 is 50.6 Å². The molecule has 0 aliphatic carbocycles. The average molecular weight is 458 g/mol. The SMILES string of the molecule is O=C(CCC(=O)c1ccc(Br)cc1)Oc1ccc(NC(=O)c2cccs2)cc1. The molecule has 3 rings (SSSR count). The maximum absolute atomic E-state index is 12.1. The molecule has 0 spiro atoms. The summed E-state index contributed by atoms with van der Waals surface area (Å²) in [6, 6.07) is 17.0. The third-order valence-electron chi connectivity index (χ3n) is 3.81. The highest BCUT2D eigenvalue weighted by Gasteiger charge is 2.12. The molecule has 0 saturated carbocycles. The number of nitrogens with one attached hydrogen (secondary N) is 1. The second kappa shape index (κ2) is 9.43. The highest BCUT2D eigenvalue weighted by atomic mass is 79.9. The van der Waals surface area contributed by atoms with Gasteiger partial charge in [-0.05, 0) is 47.8 Å². The number of thiophene rings is 1. The number of benzene rings is 2. The molecule has 2 aromatic carbocycles. The molecular formula is C21H16BrNO4S. The summed E-state index contributed by atoms with van der Waals surface area (Å²) in [6.07, 6.45) is 0.0706. The Kier molecular flexibility index (Phi) is 6.73. The highest BCUT2D eigenvalue weighted by Crippen LogP contribution is 2.19. The van der Waals surface area contributed by atoms with E-state index in [2.05, 4.69) is 21.2 Å². The van der Waals surface area contributed by atoms with Crippen LogP contribution in [0.4, 0.5) is 5.69 Å². The van der Waals surface area contributed by atoms with Crippen molar-refractivity contribution in [2.24, 2.45) is 0 Å². The number of carbonyl (C=O) groups excluding carboxylic acids is 3. The number of rotatable bonds is 7. The van der Waals surface area contributed by atoms with Crippen molar-refractivity contribution in [3.63, 3.8) is 0 Å². The number of hydrogen-bond donors (Lipinski definition) is 1. The molecule has 142 valence electrons. The first kappa shape index (κ1) is 20.0. The van der Waals surface area contributed by atoms with Crippen molar-refractivity contribution in [1.29, 1.82) is 0 Å². The van der Waals surface area contributed by atoms with Crippen LogP contribution in [0.15, 0.2) is 70.5 Å². The molecule has 3 aromatic rings. The fourth-order valence-electron chi connectivity index (χ4n) is 2.38. The van der Waals surface area contributed by atoms with Crippen LogP contribution in [0.3, 0.4) is 0 Å². The molecule has 0 saturated heterocycles. The third-order valence-corrected chi connectivity index (χ3v) is 5.21. The van der Waals surface area contributed by atoms with Gasteiger partial charge in [0, 0.05) is 22.1 Å². The first-order valence-corrected chi connectivity index (χ1v) is 10.1. The Hall–Kier alpha value is -2.77. The summed E-state index contributed by atoms with van der Waals surface area (Å²) >= 11 is 4.67. The summed E-state index contributed by atoms with van der Waals surface area (Å²) in [6.45, 7) is 0. The topological polar surface area (TPSA) is 72.5 Å². The lowest BCUT2D eigenvalue weighted by atomic mass is 10.1. The molecule has 1 amide bonds. The van der Waals surface area contributed by atoms with Gasteiger partial charge in [0.05, 0.1) is 11.3 Å². The minimum atomic E-state index is -0.485. The summed E-state index contributed by atoms with van der Waals surface area (Å²) in [7, 11) is 0. The zero-order chi connectivity index (χ0) is 19.9. The summed E-state index contributed by atoms with van der Waals surface area (Å²) in [5.41, 5.74) is 1.16. The van der Waals surface area contributed by atoms with Gasteiger partial charge in [-0.1, -0.05) is 34.1 Å². The van der Waals surface area contributed by atoms with E-state index in [0.29, 0.717) is 21.9 Å². The largest absolute Gasteiger partial charge is 0.427 e. The zero-order valence-electron chi connectivity index (χ0n) is 14.7. The molecule has 0 fully saturated rings. The lowest BCUT2D eigenvalue weighted by Gasteiger charge is -2.07. The summed E-state index contributed by atoms with van der Waals surface area (Å²) in [4.78, 5) is 36.7. The number of amides is 1. The molecule has 1 heterocycles. The average Bonchev–Trinajstić information content (AvgIpc) is 3.23. The van der Waals surface area contributed by atoms with Crippen molar-refractivity contribution in [2.45, 2.75) is 12.8 Å². The van der Waals surface area contributed by atoms with Gasteiger partial charge in [-0.25, -0.2) is 0 Å². The van der Waals surface area contributed by atoms with Crippen molar-refractivity contribution in [1.82, 2.24) is 0 Å². The van der Waals surface area contributed by atoms with Gasteiger partial charge in [0.2, 0.25) is 0 Å². The Morgan fingerprint density at radius 2 is 1.64 bits per heavy atom. The van der Waals surface area contributed by atoms with E-state index < -0.39 is 5.97 Å². The Morgan fingerprint density at radius 3 is 2.29 bits per heavy atom. The second-order valence-electron chi connectivity index (χ2n) is 5.86. The minimum Gasteiger partial charge on any atom is -0.427 e. The fourth-order valence-corrected chi connectivity index (χ4v) is 3.27. The van der Waals surface area contributed by atoms with Gasteiger partial charge in [-0.2, -0.15) is 0 Å². The molecule has 7 heteroatoms. The number of ether oxygens (including phenoxy) is 1. The monoisotopic (exact) mass is 457 g/mol. The lowest BCUT2D eigenvalue weighted by Crippen LogP contribution is -2.11. The van der Waals surface area contributed by atoms with Crippen LogP contribution in [0.2, 0.25) is 0 Å². The highest BCUT2D eigenvalue weighted by molar-refractivity contribution is 9.10. The standard InChI is InChI=1S/C21H16BrNO4S/c22-15-5-3-14(4-6-15)18(24)11-12-20(25)27-17-9-7-16(8-10-17)23-21(26)19-2-1-13-28-19/h1-10,13H,11-12H2,(H,23,26). The van der Waals surface area contributed by atoms with Crippen LogP contribution in [0, 0.1) is 0 Å². The fraction of sp³-hybridized carbons (Fsp3) is 0.0952. The van der Waals surface area contributed by atoms with Crippen LogP contribution in [-0.2, 0) is 4.79 Å². The number of halogens is 1. The summed E-state index contributed by atoms with van der Waals surface area (Å²) in [5.74, 6) is -0.432. The molecule has 0 unspecified atom stereocenters. The first-order valence-electron chi connectivity index (χ1n) is 8.45. The summed E-state index contributed by atoms with van der Waals surface area (Å²) in [5, 5.41) is 4.60. The number of anilines is 1. The molecule has 0 bridgehead atoms. The molecule has 0 atom stereocenters. The van der Waals surface area contributed by atoms with Gasteiger partial charge in [0.25, 0.3) is 5.91 Å². The van der Waals surface area contributed by atoms with Crippen molar-refractivity contribution < 1.29 is 19.1 Å². The molecule has 0 aliphatic rings. The van der Waals surface area contributed by atoms with Gasteiger partial charge in [0.1, 0.15) is 5.75 Å². The zero-order valence-corrected chi connectivity index (χ0v) is 17.1. The predicted molar refractivity (Wildman–Crippen MR) is 112 cm³/mol. The molecular weight excluding hydrogens is 442 g/mol. The van der Waals surface area contributed by atoms with E-state index in [9.17, 15) is 14.4 Å². The Labute approximate surface area is 174 Å². The molecule has 1 aromatic heterocycles. The lowest BCUT2D eigenvalue weighted by molar-refractivity contribution is -0.134. The van der Waals surface area contributed by atoms with Crippen LogP contribution in [0.1, 0.15) is 32.9 Å². The Bertz CT molecular complexity index is 967. The maximum atomic E-state index is 12.1. The van der Waals surface area contributed by atoms with Crippen molar-refractivity contribution in [3.8, 4) is 5.75 Å². The van der Waals surface area contributed by atoms with E-state index in [0.717, 1.165) is 4.47 Å². The molecule has 1 N–H and O–H groups in total. The Morgan fingerprint density at radius 1 is 0.929 bits per heavy atom. The number of ketones is 1. The quantitative estimate of drug-likeness (QED) is 0.295. The molecule has 28 heavy (non-hydrogen) atoms. The van der Waals surface area contributed by atoms with E-state index in [1.807, 2.05) is 11.4 Å². The Balaban J connectivity index is 1.48. The normalized spacial score (nSPS) is 10.3. The van der Waals surface area contributed by atoms with Crippen LogP contribution in [0.5, 0.6) is 5.75 Å². The molecule has 5 nitrogen and oxygen atoms in total. The van der Waals surface area contributed by atoms with Crippen LogP contribution in [0.25, 0.3) is 0 Å². The van der Waals surface area contributed by atoms with Crippen LogP contribution >= 0.6 is 27.3 Å². The predicted octanol–water partition coefficient (Wildman–Crippen LogP) is 5.33. The van der Waals surface area contributed by atoms with Crippen LogP contribution in [-0.4, -0.2) is 17.7 Å². The maximum Gasteiger partial charge on any atom is 0.311 e. The van der Waals surface area contributed by atoms with E-state index in [4.69, 9.17) is 4.74 Å². The van der Waals surface area contributed by atoms with Crippen LogP contribution < -0.4 is 10.1 Å². The van der Waals surface area contributed by atoms with Gasteiger partial charge < -0.3 is 10.1 Å². The van der Waals surface area contributed by atoms with Gasteiger partial charge in [-0.3, -0.25) is 14.4 Å². The number of esters is 1. The smallest absolute Gasteiger partial charge is 0.311 e. The number of Topliss-reactive ketones (excluding diaryl/α,β-unsaturated/α-hetero) is 1. The van der Waals surface area contributed by atoms with Gasteiger partial charge in [-0.15, -0.1) is 11.3 Å². The number of carbonyl (C=O) groups is 3. The molecule has 0 radical (unpaired) electrons. The van der Waals surface area contributed by atoms with Gasteiger partial charge in [0.15, 0.2) is 5.78 Å². The van der Waals surface area contributed by atoms with E-state index in [1.165, 1.54) is 11.3 Å². The van der Waals surface area contributed by atoms with Gasteiger partial charge >= 0.3 is 5.97 Å². The third kappa shape index (κ3) is 5.61. The summed E-state index contributed by atoms with van der Waals surface area (Å²) < 4.78 is 6.13. The van der Waals surface area contributed by atoms with E-state index in [1.54, 1.807) is 54.6 Å². The van der Waals surface area contributed by atoms with E-state index >= 15 is 0 Å². The van der Waals surface area contributed by atoms with Crippen molar-refractivity contribution in [2.75, 3.05) is 5.32 Å². The second-order valence-corrected chi connectivity index (χ2v) is 7.72. The minimum absolute atomic E-state index is 0.00817. The molecule has 0 aliphatic heterocycles.